The minimum Gasteiger partial charge on any atom is -0.459 e. The van der Waals surface area contributed by atoms with Crippen molar-refractivity contribution in [3.8, 4) is 0 Å². The van der Waals surface area contributed by atoms with Crippen LogP contribution in [0.1, 0.15) is 6.92 Å². The Balaban J connectivity index is 2.03. The Morgan fingerprint density at radius 3 is 2.71 bits per heavy atom. The Kier molecular flexibility index (Phi) is 2.59. The van der Waals surface area contributed by atoms with Crippen molar-refractivity contribution >= 4 is 17.8 Å². The third kappa shape index (κ3) is 2.12. The van der Waals surface area contributed by atoms with Crippen LogP contribution in [0.25, 0.3) is 0 Å². The standard InChI is InChI=1S/C11H11NO5/c1-6(2)10(15)16-4-11(5-17-11)7-3-8(13)12-9(7)14/h3H,1,4-5H2,2H3,(H,12,13,14). The van der Waals surface area contributed by atoms with E-state index in [4.69, 9.17) is 9.47 Å². The smallest absolute Gasteiger partial charge is 0.333 e. The van der Waals surface area contributed by atoms with Gasteiger partial charge in [-0.05, 0) is 6.92 Å². The second-order valence-corrected chi connectivity index (χ2v) is 4.02. The van der Waals surface area contributed by atoms with Gasteiger partial charge in [0.1, 0.15) is 6.61 Å². The minimum atomic E-state index is -0.957. The first-order chi connectivity index (χ1) is 7.94. The molecule has 0 aromatic heterocycles. The lowest BCUT2D eigenvalue weighted by Gasteiger charge is -2.11. The molecule has 0 aromatic rings. The van der Waals surface area contributed by atoms with Crippen molar-refractivity contribution in [1.29, 1.82) is 0 Å². The fourth-order valence-electron chi connectivity index (χ4n) is 1.46. The van der Waals surface area contributed by atoms with Gasteiger partial charge in [-0.1, -0.05) is 6.58 Å². The number of carbonyl (C=O) groups excluding carboxylic acids is 3. The number of imide groups is 1. The molecule has 2 heterocycles. The highest BCUT2D eigenvalue weighted by molar-refractivity contribution is 6.17. The fourth-order valence-corrected chi connectivity index (χ4v) is 1.46. The van der Waals surface area contributed by atoms with Gasteiger partial charge >= 0.3 is 5.97 Å². The number of hydrogen-bond acceptors (Lipinski definition) is 5. The van der Waals surface area contributed by atoms with Crippen LogP contribution < -0.4 is 5.32 Å². The summed E-state index contributed by atoms with van der Waals surface area (Å²) in [5.74, 6) is -1.53. The van der Waals surface area contributed by atoms with E-state index in [-0.39, 0.29) is 24.4 Å². The van der Waals surface area contributed by atoms with Crippen LogP contribution in [0, 0.1) is 0 Å². The first-order valence-electron chi connectivity index (χ1n) is 4.99. The van der Waals surface area contributed by atoms with Gasteiger partial charge in [-0.25, -0.2) is 4.79 Å². The number of epoxide rings is 1. The average molecular weight is 237 g/mol. The van der Waals surface area contributed by atoms with E-state index in [0.29, 0.717) is 0 Å². The van der Waals surface area contributed by atoms with Gasteiger partial charge < -0.3 is 9.47 Å². The van der Waals surface area contributed by atoms with E-state index in [1.54, 1.807) is 0 Å². The normalized spacial score (nSPS) is 26.3. The summed E-state index contributed by atoms with van der Waals surface area (Å²) in [6.45, 7) is 5.12. The third-order valence-electron chi connectivity index (χ3n) is 2.53. The van der Waals surface area contributed by atoms with Crippen LogP contribution in [0.4, 0.5) is 0 Å². The Bertz CT molecular complexity index is 458. The number of esters is 1. The molecular weight excluding hydrogens is 226 g/mol. The maximum absolute atomic E-state index is 11.4. The van der Waals surface area contributed by atoms with E-state index in [2.05, 4.69) is 11.9 Å². The van der Waals surface area contributed by atoms with Crippen molar-refractivity contribution in [1.82, 2.24) is 5.32 Å². The summed E-state index contributed by atoms with van der Waals surface area (Å²) < 4.78 is 10.1. The zero-order valence-corrected chi connectivity index (χ0v) is 9.24. The molecule has 1 atom stereocenters. The summed E-state index contributed by atoms with van der Waals surface area (Å²) in [4.78, 5) is 33.6. The van der Waals surface area contributed by atoms with Gasteiger partial charge in [0.05, 0.1) is 12.2 Å². The highest BCUT2D eigenvalue weighted by Gasteiger charge is 2.54. The number of amides is 2. The topological polar surface area (TPSA) is 85.0 Å². The maximum atomic E-state index is 11.4. The van der Waals surface area contributed by atoms with Gasteiger partial charge in [0.25, 0.3) is 11.8 Å². The summed E-state index contributed by atoms with van der Waals surface area (Å²) in [5.41, 5.74) is -0.486. The Hall–Kier alpha value is -1.95. The molecule has 0 bridgehead atoms. The van der Waals surface area contributed by atoms with Crippen molar-refractivity contribution in [2.24, 2.45) is 0 Å². The van der Waals surface area contributed by atoms with Crippen molar-refractivity contribution in [2.45, 2.75) is 12.5 Å². The predicted molar refractivity (Wildman–Crippen MR) is 55.7 cm³/mol. The van der Waals surface area contributed by atoms with Crippen LogP contribution in [0.2, 0.25) is 0 Å². The maximum Gasteiger partial charge on any atom is 0.333 e. The first kappa shape index (κ1) is 11.5. The third-order valence-corrected chi connectivity index (χ3v) is 2.53. The number of hydrogen-bond donors (Lipinski definition) is 1. The zero-order valence-electron chi connectivity index (χ0n) is 9.24. The molecule has 2 aliphatic rings. The van der Waals surface area contributed by atoms with E-state index < -0.39 is 23.4 Å². The summed E-state index contributed by atoms with van der Waals surface area (Å²) in [5, 5.41) is 2.11. The molecular formula is C11H11NO5. The molecule has 6 nitrogen and oxygen atoms in total. The Labute approximate surface area is 97.3 Å². The molecule has 1 unspecified atom stereocenters. The molecule has 1 saturated heterocycles. The van der Waals surface area contributed by atoms with E-state index in [1.807, 2.05) is 0 Å². The summed E-state index contributed by atoms with van der Waals surface area (Å²) in [6, 6.07) is 0. The number of carbonyl (C=O) groups is 3. The van der Waals surface area contributed by atoms with Gasteiger partial charge in [-0.15, -0.1) is 0 Å². The molecule has 6 heteroatoms. The molecule has 0 radical (unpaired) electrons. The largest absolute Gasteiger partial charge is 0.459 e. The van der Waals surface area contributed by atoms with Crippen LogP contribution in [-0.4, -0.2) is 36.6 Å². The molecule has 0 saturated carbocycles. The molecule has 0 aromatic carbocycles. The molecule has 2 aliphatic heterocycles. The lowest BCUT2D eigenvalue weighted by molar-refractivity contribution is -0.140. The van der Waals surface area contributed by atoms with Crippen LogP contribution in [0.5, 0.6) is 0 Å². The predicted octanol–water partition coefficient (Wildman–Crippen LogP) is -0.543. The molecule has 2 rings (SSSR count). The molecule has 0 spiro atoms. The SMILES string of the molecule is C=C(C)C(=O)OCC1(C2=CC(=O)NC2=O)CO1. The Morgan fingerprint density at radius 1 is 1.65 bits per heavy atom. The molecule has 90 valence electrons. The monoisotopic (exact) mass is 237 g/mol. The van der Waals surface area contributed by atoms with Crippen molar-refractivity contribution in [2.75, 3.05) is 13.2 Å². The first-order valence-corrected chi connectivity index (χ1v) is 4.99. The number of rotatable bonds is 4. The van der Waals surface area contributed by atoms with Crippen molar-refractivity contribution in [3.63, 3.8) is 0 Å². The molecule has 17 heavy (non-hydrogen) atoms. The quantitative estimate of drug-likeness (QED) is 0.307. The Morgan fingerprint density at radius 2 is 2.29 bits per heavy atom. The van der Waals surface area contributed by atoms with Crippen molar-refractivity contribution < 1.29 is 23.9 Å². The highest BCUT2D eigenvalue weighted by atomic mass is 16.6. The van der Waals surface area contributed by atoms with Crippen molar-refractivity contribution in [3.05, 3.63) is 23.8 Å². The zero-order chi connectivity index (χ0) is 12.6. The molecule has 1 fully saturated rings. The van der Waals surface area contributed by atoms with Gasteiger partial charge in [0.15, 0.2) is 5.60 Å². The van der Waals surface area contributed by atoms with Gasteiger partial charge in [-0.2, -0.15) is 0 Å². The molecule has 2 amide bonds. The fraction of sp³-hybridized carbons (Fsp3) is 0.364. The van der Waals surface area contributed by atoms with E-state index in [0.717, 1.165) is 0 Å². The van der Waals surface area contributed by atoms with E-state index in [1.165, 1.54) is 13.0 Å². The molecule has 0 aliphatic carbocycles. The molecule has 1 N–H and O–H groups in total. The van der Waals surface area contributed by atoms with Gasteiger partial charge in [-0.3, -0.25) is 14.9 Å². The highest BCUT2D eigenvalue weighted by Crippen LogP contribution is 2.37. The minimum absolute atomic E-state index is 0.0920. The lowest BCUT2D eigenvalue weighted by Crippen LogP contribution is -2.31. The van der Waals surface area contributed by atoms with Crippen LogP contribution in [0.15, 0.2) is 23.8 Å². The van der Waals surface area contributed by atoms with Crippen LogP contribution in [-0.2, 0) is 23.9 Å². The van der Waals surface area contributed by atoms with Crippen LogP contribution >= 0.6 is 0 Å². The second kappa shape index (κ2) is 3.81. The van der Waals surface area contributed by atoms with E-state index in [9.17, 15) is 14.4 Å². The lowest BCUT2D eigenvalue weighted by atomic mass is 10.0. The summed E-state index contributed by atoms with van der Waals surface area (Å²) in [7, 11) is 0. The average Bonchev–Trinajstić information content (AvgIpc) is 2.96. The second-order valence-electron chi connectivity index (χ2n) is 4.02. The van der Waals surface area contributed by atoms with Gasteiger partial charge in [0, 0.05) is 11.6 Å². The number of ether oxygens (including phenoxy) is 2. The van der Waals surface area contributed by atoms with E-state index >= 15 is 0 Å². The summed E-state index contributed by atoms with van der Waals surface area (Å²) >= 11 is 0. The van der Waals surface area contributed by atoms with Gasteiger partial charge in [0.2, 0.25) is 0 Å². The van der Waals surface area contributed by atoms with Crippen LogP contribution in [0.3, 0.4) is 0 Å². The number of nitrogens with one attached hydrogen (secondary N) is 1. The summed E-state index contributed by atoms with van der Waals surface area (Å²) in [6.07, 6.45) is 1.17.